The lowest BCUT2D eigenvalue weighted by atomic mass is 11.9. The van der Waals surface area contributed by atoms with Crippen molar-refractivity contribution in [2.75, 3.05) is 0 Å². The summed E-state index contributed by atoms with van der Waals surface area (Å²) in [5.74, 6) is 0. The minimum Gasteiger partial charge on any atom is -0.411 e. The molecule has 0 aromatic carbocycles. The molecule has 0 atom stereocenters. The van der Waals surface area contributed by atoms with E-state index >= 15 is 0 Å². The van der Waals surface area contributed by atoms with E-state index in [4.69, 9.17) is 24.7 Å². The average Bonchev–Trinajstić information content (AvgIpc) is 2.10. The molecule has 0 fully saturated rings. The fraction of sp³-hybridized carbons (Fsp3) is 1.00. The summed E-state index contributed by atoms with van der Waals surface area (Å²) in [6, 6.07) is 0. The molecule has 0 saturated heterocycles. The van der Waals surface area contributed by atoms with Gasteiger partial charge in [-0.2, -0.15) is 0 Å². The molecule has 0 spiro atoms. The number of rotatable bonds is 12. The van der Waals surface area contributed by atoms with Crippen molar-refractivity contribution in [3.63, 3.8) is 0 Å². The Morgan fingerprint density at radius 1 is 0.345 bits per heavy atom. The highest BCUT2D eigenvalue weighted by atomic mass is 28.5. The minimum atomic E-state index is -3.50. The molecule has 0 unspecified atom stereocenters. The summed E-state index contributed by atoms with van der Waals surface area (Å²) in [7, 11) is -22.3. The predicted molar refractivity (Wildman–Crippen MR) is 126 cm³/mol. The summed E-state index contributed by atoms with van der Waals surface area (Å²) in [6.45, 7) is 19.3. The summed E-state index contributed by atoms with van der Waals surface area (Å²) in [6.07, 6.45) is 0. The first-order chi connectivity index (χ1) is 12.2. The zero-order chi connectivity index (χ0) is 23.7. The summed E-state index contributed by atoms with van der Waals surface area (Å²) in [5, 5.41) is 0. The third kappa shape index (κ3) is 15.5. The molecule has 0 saturated carbocycles. The first-order valence-electron chi connectivity index (χ1n) is 9.34. The van der Waals surface area contributed by atoms with Crippen LogP contribution in [0.15, 0.2) is 0 Å². The lowest BCUT2D eigenvalue weighted by Crippen LogP contribution is -2.65. The number of hydrogen-bond donors (Lipinski definition) is 4. The van der Waals surface area contributed by atoms with Gasteiger partial charge in [0.05, 0.1) is 0 Å². The first-order valence-corrected chi connectivity index (χ1v) is 28.0. The van der Waals surface area contributed by atoms with Gasteiger partial charge in [0.2, 0.25) is 0 Å². The van der Waals surface area contributed by atoms with E-state index in [0.717, 1.165) is 0 Å². The number of hydrogen-bond acceptors (Lipinski definition) is 10. The van der Waals surface area contributed by atoms with Crippen LogP contribution in [-0.4, -0.2) is 79.6 Å². The molecular weight excluding hydrogens is 501 g/mol. The largest absolute Gasteiger partial charge is 0.470 e. The van der Waals surface area contributed by atoms with Crippen molar-refractivity contribution in [2.45, 2.75) is 78.6 Å². The van der Waals surface area contributed by atoms with Gasteiger partial charge in [0.15, 0.2) is 0 Å². The van der Waals surface area contributed by atoms with Gasteiger partial charge in [-0.3, -0.25) is 0 Å². The highest BCUT2D eigenvalue weighted by molar-refractivity contribution is 6.90. The Morgan fingerprint density at radius 2 is 0.517 bits per heavy atom. The van der Waals surface area contributed by atoms with Gasteiger partial charge in [0.25, 0.3) is 0 Å². The molecule has 17 heteroatoms. The Balaban J connectivity index is 5.81. The normalized spacial score (nSPS) is 15.7. The molecule has 0 heterocycles. The van der Waals surface area contributed by atoms with Crippen molar-refractivity contribution >= 4 is 60.4 Å². The summed E-state index contributed by atoms with van der Waals surface area (Å²) in [4.78, 5) is 41.2. The summed E-state index contributed by atoms with van der Waals surface area (Å²) >= 11 is 0. The van der Waals surface area contributed by atoms with Gasteiger partial charge >= 0.3 is 60.4 Å². The van der Waals surface area contributed by atoms with Crippen LogP contribution in [0, 0.1) is 0 Å². The second-order valence-electron chi connectivity index (χ2n) is 9.52. The van der Waals surface area contributed by atoms with E-state index < -0.39 is 60.4 Å². The molecular formula is C12H40O10Si7. The van der Waals surface area contributed by atoms with E-state index in [1.54, 1.807) is 78.6 Å². The van der Waals surface area contributed by atoms with Crippen molar-refractivity contribution < 1.29 is 43.9 Å². The van der Waals surface area contributed by atoms with E-state index in [2.05, 4.69) is 0 Å². The van der Waals surface area contributed by atoms with E-state index in [9.17, 15) is 19.2 Å². The lowest BCUT2D eigenvalue weighted by Gasteiger charge is -2.43. The highest BCUT2D eigenvalue weighted by Gasteiger charge is 2.54. The van der Waals surface area contributed by atoms with Crippen molar-refractivity contribution in [2.24, 2.45) is 0 Å². The van der Waals surface area contributed by atoms with Crippen LogP contribution in [0.4, 0.5) is 0 Å². The molecule has 0 aromatic heterocycles. The average molecular weight is 541 g/mol. The third-order valence-electron chi connectivity index (χ3n) is 2.60. The lowest BCUT2D eigenvalue weighted by molar-refractivity contribution is 0.167. The van der Waals surface area contributed by atoms with Gasteiger partial charge in [-0.05, 0) is 65.5 Å². The van der Waals surface area contributed by atoms with Crippen LogP contribution >= 0.6 is 0 Å². The Kier molecular flexibility index (Phi) is 9.91. The second kappa shape index (κ2) is 9.54. The SMILES string of the molecule is C[Si](C)(O)O[Si](C)(O[Si](C)(C)O)O[Si](C)(C)O[Si](C)(O[Si](C)(C)O)O[Si](C)(C)O. The van der Waals surface area contributed by atoms with Gasteiger partial charge in [-0.1, -0.05) is 0 Å². The third-order valence-corrected chi connectivity index (χ3v) is 23.4. The van der Waals surface area contributed by atoms with Gasteiger partial charge in [-0.15, -0.1) is 0 Å². The Hall–Kier alpha value is 1.12. The van der Waals surface area contributed by atoms with Crippen LogP contribution in [0.2, 0.25) is 78.6 Å². The van der Waals surface area contributed by atoms with Crippen LogP contribution in [-0.2, 0) is 24.7 Å². The van der Waals surface area contributed by atoms with Crippen LogP contribution in [0.5, 0.6) is 0 Å². The highest BCUT2D eigenvalue weighted by Crippen LogP contribution is 2.29. The Bertz CT molecular complexity index is 457. The monoisotopic (exact) mass is 540 g/mol. The van der Waals surface area contributed by atoms with Crippen molar-refractivity contribution in [3.05, 3.63) is 0 Å². The van der Waals surface area contributed by atoms with Gasteiger partial charge in [0, 0.05) is 13.1 Å². The van der Waals surface area contributed by atoms with Crippen molar-refractivity contribution in [1.29, 1.82) is 0 Å². The standard InChI is InChI=1S/C12H40O10Si7/c1-23(2,13)17-28(11,18-24(3,4)14)21-27(9,10)22-29(12,19-25(5,6)15)20-26(7,8)16/h13-16H,1-12H3. The van der Waals surface area contributed by atoms with E-state index in [1.807, 2.05) is 0 Å². The first kappa shape index (κ1) is 30.1. The summed E-state index contributed by atoms with van der Waals surface area (Å²) in [5.41, 5.74) is 0. The molecule has 0 radical (unpaired) electrons. The van der Waals surface area contributed by atoms with Crippen molar-refractivity contribution in [3.8, 4) is 0 Å². The van der Waals surface area contributed by atoms with Crippen LogP contribution < -0.4 is 0 Å². The molecule has 0 aliphatic rings. The molecule has 0 aromatic rings. The maximum atomic E-state index is 10.3. The van der Waals surface area contributed by atoms with Gasteiger partial charge in [0.1, 0.15) is 0 Å². The molecule has 4 N–H and O–H groups in total. The summed E-state index contributed by atoms with van der Waals surface area (Å²) < 4.78 is 35.7. The van der Waals surface area contributed by atoms with Crippen LogP contribution in [0.1, 0.15) is 0 Å². The molecule has 176 valence electrons. The maximum absolute atomic E-state index is 10.3. The van der Waals surface area contributed by atoms with E-state index in [-0.39, 0.29) is 0 Å². The van der Waals surface area contributed by atoms with Crippen LogP contribution in [0.3, 0.4) is 0 Å². The van der Waals surface area contributed by atoms with Crippen LogP contribution in [0.25, 0.3) is 0 Å². The van der Waals surface area contributed by atoms with E-state index in [0.29, 0.717) is 0 Å². The van der Waals surface area contributed by atoms with Crippen molar-refractivity contribution in [1.82, 2.24) is 0 Å². The predicted octanol–water partition coefficient (Wildman–Crippen LogP) is 1.70. The molecule has 0 aliphatic carbocycles. The fourth-order valence-electron chi connectivity index (χ4n) is 2.85. The van der Waals surface area contributed by atoms with E-state index in [1.165, 1.54) is 0 Å². The zero-order valence-electron chi connectivity index (χ0n) is 19.7. The molecule has 0 bridgehead atoms. The Labute approximate surface area is 182 Å². The minimum absolute atomic E-state index is 1.58. The smallest absolute Gasteiger partial charge is 0.411 e. The van der Waals surface area contributed by atoms with Gasteiger partial charge < -0.3 is 43.9 Å². The molecule has 0 aliphatic heterocycles. The molecule has 10 nitrogen and oxygen atoms in total. The fourth-order valence-corrected chi connectivity index (χ4v) is 28.3. The molecule has 0 amide bonds. The maximum Gasteiger partial charge on any atom is 0.470 e. The van der Waals surface area contributed by atoms with Gasteiger partial charge in [-0.25, -0.2) is 0 Å². The topological polar surface area (TPSA) is 136 Å². The zero-order valence-corrected chi connectivity index (χ0v) is 26.7. The Morgan fingerprint density at radius 3 is 0.655 bits per heavy atom. The molecule has 29 heavy (non-hydrogen) atoms. The quantitative estimate of drug-likeness (QED) is 0.271. The molecule has 0 rings (SSSR count). The second-order valence-corrected chi connectivity index (χ2v) is 32.2.